The van der Waals surface area contributed by atoms with Crippen LogP contribution in [0.15, 0.2) is 54.6 Å². The minimum atomic E-state index is -1.45. The molecule has 0 aromatic heterocycles. The average molecular weight is 344 g/mol. The fourth-order valence-corrected chi connectivity index (χ4v) is 3.84. The number of rotatable bonds is 10. The predicted molar refractivity (Wildman–Crippen MR) is 106 cm³/mol. The highest BCUT2D eigenvalue weighted by atomic mass is 19.1. The standard InChI is InChI=1S/C23H34FN/c1-4-7-13-20(5-2)17-19-25(6-3)22-16-11-12-18-23(22,24)21-14-9-8-10-15-21/h8-12,14-16,18,20,22H,4-7,13,17,19H2,1-3H3. The molecular weight excluding hydrogens is 309 g/mol. The van der Waals surface area contributed by atoms with E-state index in [-0.39, 0.29) is 6.04 Å². The highest BCUT2D eigenvalue weighted by Gasteiger charge is 2.41. The SMILES string of the molecule is CCCCC(CC)CCN(CC)C1C=CC=CC1(F)c1ccccc1. The molecule has 0 fully saturated rings. The van der Waals surface area contributed by atoms with Gasteiger partial charge in [-0.1, -0.05) is 95.0 Å². The first kappa shape index (κ1) is 19.9. The van der Waals surface area contributed by atoms with E-state index in [1.807, 2.05) is 48.6 Å². The summed E-state index contributed by atoms with van der Waals surface area (Å²) in [6.45, 7) is 8.50. The first-order valence-electron chi connectivity index (χ1n) is 10.00. The Morgan fingerprint density at radius 3 is 2.48 bits per heavy atom. The topological polar surface area (TPSA) is 3.24 Å². The van der Waals surface area contributed by atoms with Crippen LogP contribution in [0.3, 0.4) is 0 Å². The van der Waals surface area contributed by atoms with Gasteiger partial charge < -0.3 is 0 Å². The highest BCUT2D eigenvalue weighted by molar-refractivity contribution is 5.36. The molecule has 2 heteroatoms. The van der Waals surface area contributed by atoms with Crippen LogP contribution in [0, 0.1) is 5.92 Å². The number of hydrogen-bond donors (Lipinski definition) is 0. The Kier molecular flexibility index (Phi) is 7.90. The van der Waals surface area contributed by atoms with E-state index in [9.17, 15) is 0 Å². The van der Waals surface area contributed by atoms with Gasteiger partial charge in [0.2, 0.25) is 0 Å². The summed E-state index contributed by atoms with van der Waals surface area (Å²) >= 11 is 0. The molecule has 3 unspecified atom stereocenters. The van der Waals surface area contributed by atoms with Gasteiger partial charge in [0.05, 0.1) is 6.04 Å². The summed E-state index contributed by atoms with van der Waals surface area (Å²) in [4.78, 5) is 2.31. The number of nitrogens with zero attached hydrogens (tertiary/aromatic N) is 1. The van der Waals surface area contributed by atoms with Crippen molar-refractivity contribution in [1.82, 2.24) is 4.90 Å². The molecule has 2 rings (SSSR count). The molecule has 0 N–H and O–H groups in total. The van der Waals surface area contributed by atoms with Gasteiger partial charge in [-0.2, -0.15) is 0 Å². The molecule has 1 nitrogen and oxygen atoms in total. The van der Waals surface area contributed by atoms with E-state index in [4.69, 9.17) is 0 Å². The lowest BCUT2D eigenvalue weighted by molar-refractivity contribution is 0.0821. The molecule has 0 saturated carbocycles. The zero-order valence-corrected chi connectivity index (χ0v) is 16.1. The zero-order chi connectivity index (χ0) is 18.1. The molecule has 1 aromatic rings. The fourth-order valence-electron chi connectivity index (χ4n) is 3.84. The van der Waals surface area contributed by atoms with Crippen LogP contribution in [0.25, 0.3) is 0 Å². The van der Waals surface area contributed by atoms with Crippen LogP contribution < -0.4 is 0 Å². The number of likely N-dealkylation sites (N-methyl/N-ethyl adjacent to an activating group) is 1. The first-order valence-corrected chi connectivity index (χ1v) is 10.00. The molecule has 0 saturated heterocycles. The lowest BCUT2D eigenvalue weighted by atomic mass is 9.83. The van der Waals surface area contributed by atoms with E-state index >= 15 is 4.39 Å². The summed E-state index contributed by atoms with van der Waals surface area (Å²) in [6, 6.07) is 9.37. The molecule has 0 amide bonds. The van der Waals surface area contributed by atoms with E-state index in [0.29, 0.717) is 0 Å². The van der Waals surface area contributed by atoms with Crippen LogP contribution in [0.5, 0.6) is 0 Å². The minimum Gasteiger partial charge on any atom is -0.294 e. The van der Waals surface area contributed by atoms with Gasteiger partial charge in [0.15, 0.2) is 5.67 Å². The molecule has 1 aliphatic rings. The van der Waals surface area contributed by atoms with E-state index in [0.717, 1.165) is 31.0 Å². The summed E-state index contributed by atoms with van der Waals surface area (Å²) in [5.74, 6) is 0.753. The van der Waals surface area contributed by atoms with Crippen LogP contribution in [0.4, 0.5) is 4.39 Å². The molecule has 0 bridgehead atoms. The maximum absolute atomic E-state index is 16.0. The van der Waals surface area contributed by atoms with Crippen LogP contribution in [0.1, 0.15) is 58.4 Å². The van der Waals surface area contributed by atoms with Crippen molar-refractivity contribution < 1.29 is 4.39 Å². The number of hydrogen-bond acceptors (Lipinski definition) is 1. The third-order valence-electron chi connectivity index (χ3n) is 5.56. The van der Waals surface area contributed by atoms with Crippen molar-refractivity contribution in [1.29, 1.82) is 0 Å². The van der Waals surface area contributed by atoms with Crippen molar-refractivity contribution in [3.05, 3.63) is 60.2 Å². The van der Waals surface area contributed by atoms with Gasteiger partial charge in [0.1, 0.15) is 0 Å². The second-order valence-corrected chi connectivity index (χ2v) is 7.16. The van der Waals surface area contributed by atoms with Gasteiger partial charge in [-0.05, 0) is 37.1 Å². The number of alkyl halides is 1. The third-order valence-corrected chi connectivity index (χ3v) is 5.56. The number of halogens is 1. The highest BCUT2D eigenvalue weighted by Crippen LogP contribution is 2.37. The summed E-state index contributed by atoms with van der Waals surface area (Å²) in [7, 11) is 0. The molecule has 0 radical (unpaired) electrons. The van der Waals surface area contributed by atoms with E-state index in [1.54, 1.807) is 6.08 Å². The Balaban J connectivity index is 2.11. The Bertz CT molecular complexity index is 550. The zero-order valence-electron chi connectivity index (χ0n) is 16.1. The number of unbranched alkanes of at least 4 members (excludes halogenated alkanes) is 1. The van der Waals surface area contributed by atoms with Gasteiger partial charge in [-0.25, -0.2) is 4.39 Å². The molecule has 0 spiro atoms. The fraction of sp³-hybridized carbons (Fsp3) is 0.565. The van der Waals surface area contributed by atoms with Crippen LogP contribution in [0.2, 0.25) is 0 Å². The smallest absolute Gasteiger partial charge is 0.173 e. The predicted octanol–water partition coefficient (Wildman–Crippen LogP) is 6.27. The van der Waals surface area contributed by atoms with E-state index < -0.39 is 5.67 Å². The maximum atomic E-state index is 16.0. The monoisotopic (exact) mass is 343 g/mol. The molecule has 0 heterocycles. The lowest BCUT2D eigenvalue weighted by Gasteiger charge is -2.40. The van der Waals surface area contributed by atoms with Crippen LogP contribution in [-0.4, -0.2) is 24.0 Å². The van der Waals surface area contributed by atoms with E-state index in [2.05, 4.69) is 25.7 Å². The van der Waals surface area contributed by atoms with Crippen molar-refractivity contribution in [2.24, 2.45) is 5.92 Å². The molecule has 1 aromatic carbocycles. The molecule has 3 atom stereocenters. The number of allylic oxidation sites excluding steroid dienone is 2. The summed E-state index contributed by atoms with van der Waals surface area (Å²) in [6.07, 6.45) is 13.8. The minimum absolute atomic E-state index is 0.228. The van der Waals surface area contributed by atoms with Gasteiger partial charge in [0.25, 0.3) is 0 Å². The van der Waals surface area contributed by atoms with Gasteiger partial charge in [-0.15, -0.1) is 0 Å². The van der Waals surface area contributed by atoms with Crippen molar-refractivity contribution >= 4 is 0 Å². The summed E-state index contributed by atoms with van der Waals surface area (Å²) < 4.78 is 16.0. The van der Waals surface area contributed by atoms with E-state index in [1.165, 1.54) is 25.7 Å². The maximum Gasteiger partial charge on any atom is 0.173 e. The quantitative estimate of drug-likeness (QED) is 0.483. The first-order chi connectivity index (χ1) is 12.2. The molecule has 25 heavy (non-hydrogen) atoms. The van der Waals surface area contributed by atoms with Crippen molar-refractivity contribution in [3.63, 3.8) is 0 Å². The normalized spacial score (nSPS) is 24.0. The van der Waals surface area contributed by atoms with Crippen molar-refractivity contribution in [2.45, 2.75) is 64.6 Å². The van der Waals surface area contributed by atoms with Crippen LogP contribution >= 0.6 is 0 Å². The second-order valence-electron chi connectivity index (χ2n) is 7.16. The Morgan fingerprint density at radius 2 is 1.84 bits per heavy atom. The molecule has 1 aliphatic carbocycles. The lowest BCUT2D eigenvalue weighted by Crippen LogP contribution is -2.47. The largest absolute Gasteiger partial charge is 0.294 e. The van der Waals surface area contributed by atoms with Crippen LogP contribution in [-0.2, 0) is 5.67 Å². The summed E-state index contributed by atoms with van der Waals surface area (Å²) in [5.41, 5.74) is -0.700. The van der Waals surface area contributed by atoms with Crippen molar-refractivity contribution in [3.8, 4) is 0 Å². The Hall–Kier alpha value is -1.41. The second kappa shape index (κ2) is 9.91. The summed E-state index contributed by atoms with van der Waals surface area (Å²) in [5, 5.41) is 0. The molecule has 138 valence electrons. The molecular formula is C23H34FN. The third kappa shape index (κ3) is 5.04. The van der Waals surface area contributed by atoms with Crippen molar-refractivity contribution in [2.75, 3.05) is 13.1 Å². The molecule has 0 aliphatic heterocycles. The van der Waals surface area contributed by atoms with Gasteiger partial charge in [0, 0.05) is 0 Å². The number of benzene rings is 1. The van der Waals surface area contributed by atoms with Gasteiger partial charge >= 0.3 is 0 Å². The van der Waals surface area contributed by atoms with Gasteiger partial charge in [-0.3, -0.25) is 4.90 Å². The average Bonchev–Trinajstić information content (AvgIpc) is 2.66. The Labute approximate surface area is 153 Å². The Morgan fingerprint density at radius 1 is 1.08 bits per heavy atom.